The van der Waals surface area contributed by atoms with Crippen LogP contribution in [0.1, 0.15) is 76.9 Å². The monoisotopic (exact) mass is 306 g/mol. The summed E-state index contributed by atoms with van der Waals surface area (Å²) in [4.78, 5) is 11.7. The van der Waals surface area contributed by atoms with Gasteiger partial charge < -0.3 is 9.47 Å². The zero-order valence-electron chi connectivity index (χ0n) is 14.1. The molecule has 3 nitrogen and oxygen atoms in total. The Morgan fingerprint density at radius 1 is 0.955 bits per heavy atom. The van der Waals surface area contributed by atoms with E-state index in [4.69, 9.17) is 9.47 Å². The first-order chi connectivity index (χ1) is 10.8. The summed E-state index contributed by atoms with van der Waals surface area (Å²) in [6, 6.07) is 9.94. The maximum absolute atomic E-state index is 11.7. The minimum absolute atomic E-state index is 0.197. The number of rotatable bonds is 11. The Labute approximate surface area is 135 Å². The zero-order valence-corrected chi connectivity index (χ0v) is 14.1. The Morgan fingerprint density at radius 2 is 1.64 bits per heavy atom. The van der Waals surface area contributed by atoms with E-state index in [-0.39, 0.29) is 6.10 Å². The molecule has 0 spiro atoms. The summed E-state index contributed by atoms with van der Waals surface area (Å²) in [5, 5.41) is 0. The van der Waals surface area contributed by atoms with E-state index in [2.05, 4.69) is 6.92 Å². The predicted octanol–water partition coefficient (Wildman–Crippen LogP) is 6.04. The fraction of sp³-hybridized carbons (Fsp3) is 0.632. The Bertz CT molecular complexity index is 389. The smallest absolute Gasteiger partial charge is 0.434 e. The van der Waals surface area contributed by atoms with Crippen LogP contribution >= 0.6 is 0 Å². The summed E-state index contributed by atoms with van der Waals surface area (Å²) in [7, 11) is 0. The van der Waals surface area contributed by atoms with Crippen LogP contribution < -0.4 is 0 Å². The van der Waals surface area contributed by atoms with Crippen molar-refractivity contribution in [3.8, 4) is 0 Å². The largest absolute Gasteiger partial charge is 0.508 e. The first kappa shape index (κ1) is 18.5. The molecule has 1 atom stereocenters. The van der Waals surface area contributed by atoms with Crippen molar-refractivity contribution < 1.29 is 14.3 Å². The van der Waals surface area contributed by atoms with E-state index in [1.54, 1.807) is 0 Å². The number of ether oxygens (including phenoxy) is 2. The van der Waals surface area contributed by atoms with Gasteiger partial charge in [-0.15, -0.1) is 0 Å². The van der Waals surface area contributed by atoms with E-state index in [0.29, 0.717) is 6.61 Å². The van der Waals surface area contributed by atoms with Gasteiger partial charge in [-0.1, -0.05) is 76.3 Å². The van der Waals surface area contributed by atoms with Crippen LogP contribution in [0.5, 0.6) is 0 Å². The number of unbranched alkanes of at least 4 members (excludes halogenated alkanes) is 5. The number of benzene rings is 1. The Hall–Kier alpha value is -1.51. The van der Waals surface area contributed by atoms with Crippen LogP contribution in [0.15, 0.2) is 30.3 Å². The number of carbonyl (C=O) groups is 1. The lowest BCUT2D eigenvalue weighted by molar-refractivity contribution is 0.0191. The van der Waals surface area contributed by atoms with Crippen LogP contribution in [0.3, 0.4) is 0 Å². The molecule has 1 unspecified atom stereocenters. The summed E-state index contributed by atoms with van der Waals surface area (Å²) < 4.78 is 10.5. The third kappa shape index (κ3) is 8.06. The molecular weight excluding hydrogens is 276 g/mol. The standard InChI is InChI=1S/C19H30O3/c1-3-5-6-7-8-12-15-18(17-13-10-9-11-14-17)22-19(20)21-16-4-2/h9-11,13-14,18H,3-8,12,15-16H2,1-2H3. The molecular formula is C19H30O3. The van der Waals surface area contributed by atoms with Gasteiger partial charge in [-0.25, -0.2) is 4.79 Å². The molecule has 0 N–H and O–H groups in total. The molecule has 22 heavy (non-hydrogen) atoms. The summed E-state index contributed by atoms with van der Waals surface area (Å²) in [6.07, 6.45) is 8.31. The van der Waals surface area contributed by atoms with Crippen molar-refractivity contribution in [3.63, 3.8) is 0 Å². The predicted molar refractivity (Wildman–Crippen MR) is 89.9 cm³/mol. The molecule has 1 rings (SSSR count). The van der Waals surface area contributed by atoms with E-state index in [1.807, 2.05) is 37.3 Å². The molecule has 0 aromatic heterocycles. The van der Waals surface area contributed by atoms with Gasteiger partial charge in [-0.05, 0) is 24.8 Å². The summed E-state index contributed by atoms with van der Waals surface area (Å²) in [5.74, 6) is 0. The number of hydrogen-bond donors (Lipinski definition) is 0. The van der Waals surface area contributed by atoms with Gasteiger partial charge in [0.1, 0.15) is 6.10 Å². The van der Waals surface area contributed by atoms with E-state index >= 15 is 0 Å². The minimum atomic E-state index is -0.554. The minimum Gasteiger partial charge on any atom is -0.434 e. The van der Waals surface area contributed by atoms with Crippen molar-refractivity contribution in [2.45, 2.75) is 71.3 Å². The third-order valence-electron chi connectivity index (χ3n) is 3.65. The van der Waals surface area contributed by atoms with Gasteiger partial charge >= 0.3 is 6.16 Å². The van der Waals surface area contributed by atoms with Crippen LogP contribution in [0.2, 0.25) is 0 Å². The summed E-state index contributed by atoms with van der Waals surface area (Å²) in [6.45, 7) is 4.61. The van der Waals surface area contributed by atoms with E-state index < -0.39 is 6.16 Å². The second kappa shape index (κ2) is 12.1. The molecule has 0 bridgehead atoms. The molecule has 3 heteroatoms. The Kier molecular flexibility index (Phi) is 10.2. The molecule has 0 saturated carbocycles. The summed E-state index contributed by atoms with van der Waals surface area (Å²) >= 11 is 0. The van der Waals surface area contributed by atoms with Crippen LogP contribution in [-0.4, -0.2) is 12.8 Å². The molecule has 0 heterocycles. The van der Waals surface area contributed by atoms with Crippen molar-refractivity contribution in [3.05, 3.63) is 35.9 Å². The van der Waals surface area contributed by atoms with Gasteiger partial charge in [0.2, 0.25) is 0 Å². The Balaban J connectivity index is 2.43. The maximum Gasteiger partial charge on any atom is 0.508 e. The average molecular weight is 306 g/mol. The first-order valence-electron chi connectivity index (χ1n) is 8.66. The first-order valence-corrected chi connectivity index (χ1v) is 8.66. The third-order valence-corrected chi connectivity index (χ3v) is 3.65. The number of carbonyl (C=O) groups excluding carboxylic acids is 1. The fourth-order valence-electron chi connectivity index (χ4n) is 2.41. The van der Waals surface area contributed by atoms with Crippen molar-refractivity contribution >= 4 is 6.16 Å². The van der Waals surface area contributed by atoms with Crippen molar-refractivity contribution in [2.75, 3.05) is 6.61 Å². The lowest BCUT2D eigenvalue weighted by Crippen LogP contribution is -2.13. The highest BCUT2D eigenvalue weighted by atomic mass is 16.7. The fourth-order valence-corrected chi connectivity index (χ4v) is 2.41. The number of hydrogen-bond acceptors (Lipinski definition) is 3. The lowest BCUT2D eigenvalue weighted by atomic mass is 10.0. The van der Waals surface area contributed by atoms with Gasteiger partial charge in [-0.3, -0.25) is 0 Å². The van der Waals surface area contributed by atoms with Crippen molar-refractivity contribution in [2.24, 2.45) is 0 Å². The van der Waals surface area contributed by atoms with Crippen LogP contribution in [-0.2, 0) is 9.47 Å². The Morgan fingerprint density at radius 3 is 2.32 bits per heavy atom. The SMILES string of the molecule is CCCCCCCCC(OC(=O)OCCC)c1ccccc1. The van der Waals surface area contributed by atoms with Crippen molar-refractivity contribution in [1.82, 2.24) is 0 Å². The van der Waals surface area contributed by atoms with Gasteiger partial charge in [0.25, 0.3) is 0 Å². The van der Waals surface area contributed by atoms with E-state index in [1.165, 1.54) is 32.1 Å². The lowest BCUT2D eigenvalue weighted by Gasteiger charge is -2.18. The van der Waals surface area contributed by atoms with Crippen LogP contribution in [0.4, 0.5) is 4.79 Å². The van der Waals surface area contributed by atoms with Crippen LogP contribution in [0, 0.1) is 0 Å². The highest BCUT2D eigenvalue weighted by Crippen LogP contribution is 2.24. The highest BCUT2D eigenvalue weighted by Gasteiger charge is 2.17. The maximum atomic E-state index is 11.7. The molecule has 0 aliphatic rings. The van der Waals surface area contributed by atoms with Gasteiger partial charge in [0, 0.05) is 0 Å². The topological polar surface area (TPSA) is 35.5 Å². The molecule has 0 radical (unpaired) electrons. The van der Waals surface area contributed by atoms with Gasteiger partial charge in [-0.2, -0.15) is 0 Å². The van der Waals surface area contributed by atoms with Crippen LogP contribution in [0.25, 0.3) is 0 Å². The highest BCUT2D eigenvalue weighted by molar-refractivity contribution is 5.60. The van der Waals surface area contributed by atoms with Gasteiger partial charge in [0.05, 0.1) is 6.61 Å². The zero-order chi connectivity index (χ0) is 16.0. The quantitative estimate of drug-likeness (QED) is 0.369. The van der Waals surface area contributed by atoms with E-state index in [0.717, 1.165) is 24.8 Å². The second-order valence-corrected chi connectivity index (χ2v) is 5.67. The second-order valence-electron chi connectivity index (χ2n) is 5.67. The molecule has 0 saturated heterocycles. The normalized spacial score (nSPS) is 11.9. The molecule has 1 aromatic carbocycles. The van der Waals surface area contributed by atoms with Crippen molar-refractivity contribution in [1.29, 1.82) is 0 Å². The molecule has 1 aromatic rings. The molecule has 0 amide bonds. The summed E-state index contributed by atoms with van der Waals surface area (Å²) in [5.41, 5.74) is 1.05. The molecule has 0 aliphatic carbocycles. The average Bonchev–Trinajstić information content (AvgIpc) is 2.55. The van der Waals surface area contributed by atoms with E-state index in [9.17, 15) is 4.79 Å². The molecule has 0 fully saturated rings. The molecule has 124 valence electrons. The van der Waals surface area contributed by atoms with Gasteiger partial charge in [0.15, 0.2) is 0 Å². The molecule has 0 aliphatic heterocycles.